The number of urea groups is 1. The van der Waals surface area contributed by atoms with Crippen LogP contribution in [0.25, 0.3) is 0 Å². The van der Waals surface area contributed by atoms with Crippen molar-refractivity contribution in [2.45, 2.75) is 31.5 Å². The van der Waals surface area contributed by atoms with E-state index in [-0.39, 0.29) is 30.7 Å². The van der Waals surface area contributed by atoms with Crippen molar-refractivity contribution in [2.24, 2.45) is 0 Å². The number of anilines is 1. The molecule has 208 valence electrons. The number of hydrogen-bond donors (Lipinski definition) is 4. The Bertz CT molecular complexity index is 1380. The number of benzene rings is 3. The summed E-state index contributed by atoms with van der Waals surface area (Å²) in [6.07, 6.45) is 1.05. The van der Waals surface area contributed by atoms with Crippen molar-refractivity contribution in [1.29, 1.82) is 0 Å². The quantitative estimate of drug-likeness (QED) is 0.310. The predicted molar refractivity (Wildman–Crippen MR) is 149 cm³/mol. The zero-order valence-electron chi connectivity index (χ0n) is 21.6. The van der Waals surface area contributed by atoms with Crippen molar-refractivity contribution in [1.82, 2.24) is 15.5 Å². The highest BCUT2D eigenvalue weighted by molar-refractivity contribution is 6.30. The van der Waals surface area contributed by atoms with Crippen LogP contribution in [0.4, 0.5) is 10.5 Å². The first kappa shape index (κ1) is 27.3. The number of rotatable bonds is 9. The van der Waals surface area contributed by atoms with E-state index in [4.69, 9.17) is 26.2 Å². The van der Waals surface area contributed by atoms with Crippen molar-refractivity contribution in [3.63, 3.8) is 0 Å². The molecule has 2 aliphatic rings. The van der Waals surface area contributed by atoms with Crippen LogP contribution in [0.5, 0.6) is 11.5 Å². The fourth-order valence-corrected chi connectivity index (χ4v) is 4.91. The van der Waals surface area contributed by atoms with E-state index in [0.29, 0.717) is 17.3 Å². The van der Waals surface area contributed by atoms with Crippen LogP contribution in [0.2, 0.25) is 5.02 Å². The Morgan fingerprint density at radius 3 is 2.45 bits per heavy atom. The summed E-state index contributed by atoms with van der Waals surface area (Å²) < 4.78 is 10.9. The molecule has 0 unspecified atom stereocenters. The Hall–Kier alpha value is -4.28. The smallest absolute Gasteiger partial charge is 0.335 e. The fourth-order valence-electron chi connectivity index (χ4n) is 4.78. The van der Waals surface area contributed by atoms with Gasteiger partial charge in [-0.15, -0.1) is 0 Å². The summed E-state index contributed by atoms with van der Waals surface area (Å²) >= 11 is 6.02. The molecule has 11 heteroatoms. The minimum atomic E-state index is -1.06. The number of halogens is 1. The summed E-state index contributed by atoms with van der Waals surface area (Å²) in [5.41, 5.74) is 2.45. The molecule has 0 bridgehead atoms. The third-order valence-electron chi connectivity index (χ3n) is 6.83. The lowest BCUT2D eigenvalue weighted by Crippen LogP contribution is -2.52. The van der Waals surface area contributed by atoms with E-state index in [1.807, 2.05) is 30.3 Å². The number of likely N-dealkylation sites (tertiary alicyclic amines) is 1. The highest BCUT2D eigenvalue weighted by Crippen LogP contribution is 2.33. The first-order valence-electron chi connectivity index (χ1n) is 12.9. The second-order valence-electron chi connectivity index (χ2n) is 9.78. The van der Waals surface area contributed by atoms with E-state index in [0.717, 1.165) is 42.1 Å². The molecule has 0 spiro atoms. The first-order chi connectivity index (χ1) is 19.3. The molecule has 4 N–H and O–H groups in total. The Kier molecular flexibility index (Phi) is 8.37. The third kappa shape index (κ3) is 7.02. The molecular formula is C29H29ClN4O6. The van der Waals surface area contributed by atoms with Crippen molar-refractivity contribution in [3.05, 3.63) is 88.4 Å². The van der Waals surface area contributed by atoms with Gasteiger partial charge in [-0.2, -0.15) is 0 Å². The maximum Gasteiger partial charge on any atom is 0.335 e. The summed E-state index contributed by atoms with van der Waals surface area (Å²) in [7, 11) is 0. The van der Waals surface area contributed by atoms with Gasteiger partial charge >= 0.3 is 12.0 Å². The lowest BCUT2D eigenvalue weighted by molar-refractivity contribution is -0.123. The Balaban J connectivity index is 1.20. The van der Waals surface area contributed by atoms with Gasteiger partial charge in [0.1, 0.15) is 6.04 Å². The fraction of sp³-hybridized carbons (Fsp3) is 0.276. The average molecular weight is 565 g/mol. The number of fused-ring (bicyclic) bond motifs is 1. The van der Waals surface area contributed by atoms with Crippen LogP contribution in [-0.4, -0.2) is 59.9 Å². The van der Waals surface area contributed by atoms with E-state index in [1.54, 1.807) is 12.1 Å². The number of nitrogens with one attached hydrogen (secondary N) is 3. The number of carboxylic acid groups (broad SMARTS) is 1. The monoisotopic (exact) mass is 564 g/mol. The second-order valence-corrected chi connectivity index (χ2v) is 10.2. The lowest BCUT2D eigenvalue weighted by Gasteiger charge is -2.22. The average Bonchev–Trinajstić information content (AvgIpc) is 3.58. The van der Waals surface area contributed by atoms with Gasteiger partial charge in [-0.1, -0.05) is 29.8 Å². The maximum atomic E-state index is 13.4. The predicted octanol–water partition coefficient (Wildman–Crippen LogP) is 3.89. The minimum Gasteiger partial charge on any atom is -0.478 e. The van der Waals surface area contributed by atoms with Crippen LogP contribution in [-0.2, 0) is 17.8 Å². The molecule has 0 aliphatic carbocycles. The Morgan fingerprint density at radius 2 is 1.70 bits per heavy atom. The van der Waals surface area contributed by atoms with E-state index in [2.05, 4.69) is 20.9 Å². The normalized spacial score (nSPS) is 16.8. The molecule has 0 saturated carbocycles. The number of carbonyl (C=O) groups is 3. The topological polar surface area (TPSA) is 129 Å². The van der Waals surface area contributed by atoms with Gasteiger partial charge in [-0.25, -0.2) is 9.59 Å². The lowest BCUT2D eigenvalue weighted by atomic mass is 10.0. The maximum absolute atomic E-state index is 13.4. The van der Waals surface area contributed by atoms with Crippen LogP contribution < -0.4 is 25.4 Å². The second kappa shape index (κ2) is 12.3. The third-order valence-corrected chi connectivity index (χ3v) is 7.08. The van der Waals surface area contributed by atoms with Crippen LogP contribution in [0.15, 0.2) is 66.7 Å². The van der Waals surface area contributed by atoms with Crippen LogP contribution in [0, 0.1) is 0 Å². The van der Waals surface area contributed by atoms with Crippen LogP contribution >= 0.6 is 11.6 Å². The molecule has 2 aliphatic heterocycles. The molecular weight excluding hydrogens is 536 g/mol. The molecule has 2 atom stereocenters. The van der Waals surface area contributed by atoms with E-state index < -0.39 is 18.0 Å². The SMILES string of the molecule is O=C(Nc1ccc(C(=O)O)cc1)N[C@@H](Cc1ccc(Cl)cc1)C(=O)N[C@H]1CCN(Cc2ccc3c(c2)OCO3)C1. The number of carbonyl (C=O) groups excluding carboxylic acids is 2. The molecule has 2 heterocycles. The summed E-state index contributed by atoms with van der Waals surface area (Å²) in [6, 6.07) is 17.3. The van der Waals surface area contributed by atoms with Crippen LogP contribution in [0.3, 0.4) is 0 Å². The summed E-state index contributed by atoms with van der Waals surface area (Å²) in [5.74, 6) is 0.142. The number of ether oxygens (including phenoxy) is 2. The van der Waals surface area contributed by atoms with Crippen molar-refractivity contribution < 1.29 is 29.0 Å². The molecule has 1 saturated heterocycles. The Morgan fingerprint density at radius 1 is 0.975 bits per heavy atom. The van der Waals surface area contributed by atoms with Crippen molar-refractivity contribution in [2.75, 3.05) is 25.2 Å². The van der Waals surface area contributed by atoms with E-state index >= 15 is 0 Å². The largest absolute Gasteiger partial charge is 0.478 e. The summed E-state index contributed by atoms with van der Waals surface area (Å²) in [4.78, 5) is 39.5. The number of amides is 3. The number of nitrogens with zero attached hydrogens (tertiary/aromatic N) is 1. The molecule has 0 aromatic heterocycles. The zero-order valence-corrected chi connectivity index (χ0v) is 22.3. The number of carboxylic acids is 1. The number of aromatic carboxylic acids is 1. The molecule has 3 aromatic rings. The highest BCUT2D eigenvalue weighted by Gasteiger charge is 2.28. The molecule has 10 nitrogen and oxygen atoms in total. The molecule has 3 amide bonds. The van der Waals surface area contributed by atoms with Gasteiger partial charge in [0.25, 0.3) is 0 Å². The van der Waals surface area contributed by atoms with Gasteiger partial charge in [0, 0.05) is 42.8 Å². The van der Waals surface area contributed by atoms with E-state index in [1.165, 1.54) is 24.3 Å². The van der Waals surface area contributed by atoms with Crippen molar-refractivity contribution in [3.8, 4) is 11.5 Å². The standard InChI is InChI=1S/C29H29ClN4O6/c30-21-6-1-18(2-7-21)13-24(33-29(38)32-22-8-4-20(5-9-22)28(36)37)27(35)31-23-11-12-34(16-23)15-19-3-10-25-26(14-19)40-17-39-25/h1-10,14,23-24H,11-13,15-17H2,(H,31,35)(H,36,37)(H2,32,33,38)/t23-,24-/m0/s1. The first-order valence-corrected chi connectivity index (χ1v) is 13.3. The molecule has 0 radical (unpaired) electrons. The van der Waals surface area contributed by atoms with E-state index in [9.17, 15) is 14.4 Å². The Labute approximate surface area is 236 Å². The minimum absolute atomic E-state index is 0.0670. The van der Waals surface area contributed by atoms with Crippen molar-refractivity contribution >= 4 is 35.2 Å². The van der Waals surface area contributed by atoms with Gasteiger partial charge in [0.2, 0.25) is 12.7 Å². The molecule has 5 rings (SSSR count). The molecule has 40 heavy (non-hydrogen) atoms. The molecule has 1 fully saturated rings. The van der Waals surface area contributed by atoms with Gasteiger partial charge in [-0.3, -0.25) is 9.69 Å². The molecule has 3 aromatic carbocycles. The van der Waals surface area contributed by atoms with Gasteiger partial charge < -0.3 is 30.5 Å². The van der Waals surface area contributed by atoms with Gasteiger partial charge in [0.05, 0.1) is 5.56 Å². The number of hydrogen-bond acceptors (Lipinski definition) is 6. The highest BCUT2D eigenvalue weighted by atomic mass is 35.5. The zero-order chi connectivity index (χ0) is 28.1. The summed E-state index contributed by atoms with van der Waals surface area (Å²) in [5, 5.41) is 18.2. The van der Waals surface area contributed by atoms with Gasteiger partial charge in [0.15, 0.2) is 11.5 Å². The van der Waals surface area contributed by atoms with Crippen LogP contribution in [0.1, 0.15) is 27.9 Å². The van der Waals surface area contributed by atoms with Gasteiger partial charge in [-0.05, 0) is 66.1 Å². The summed E-state index contributed by atoms with van der Waals surface area (Å²) in [6.45, 7) is 2.45.